The third-order valence-electron chi connectivity index (χ3n) is 4.52. The Balaban J connectivity index is 1.69. The molecule has 1 aliphatic carbocycles. The molecule has 3 rings (SSSR count). The molecule has 1 aliphatic rings. The van der Waals surface area contributed by atoms with Crippen LogP contribution < -0.4 is 10.6 Å². The van der Waals surface area contributed by atoms with Crippen LogP contribution in [0, 0.1) is 5.92 Å². The average Bonchev–Trinajstić information content (AvgIpc) is 2.97. The van der Waals surface area contributed by atoms with Crippen LogP contribution in [0.25, 0.3) is 10.2 Å². The molecule has 0 aromatic carbocycles. The normalized spacial score (nSPS) is 17.6. The van der Waals surface area contributed by atoms with Crippen molar-refractivity contribution in [2.75, 3.05) is 12.3 Å². The first kappa shape index (κ1) is 19.1. The zero-order valence-corrected chi connectivity index (χ0v) is 16.9. The second kappa shape index (κ2) is 8.35. The number of aromatic nitrogens is 2. The van der Waals surface area contributed by atoms with Crippen LogP contribution in [0.3, 0.4) is 0 Å². The molecule has 0 spiro atoms. The highest BCUT2D eigenvalue weighted by Gasteiger charge is 2.23. The molecule has 2 amide bonds. The minimum atomic E-state index is -0.538. The first-order valence-corrected chi connectivity index (χ1v) is 10.7. The molecular weight excluding hydrogens is 368 g/mol. The number of nitrogens with one attached hydrogen (secondary N) is 2. The zero-order chi connectivity index (χ0) is 18.7. The molecule has 8 heteroatoms. The number of fused-ring (bicyclic) bond motifs is 3. The minimum Gasteiger partial charge on any atom is -0.355 e. The topological polar surface area (TPSA) is 84.0 Å². The van der Waals surface area contributed by atoms with Crippen molar-refractivity contribution in [1.29, 1.82) is 0 Å². The third kappa shape index (κ3) is 4.17. The first-order chi connectivity index (χ1) is 12.5. The van der Waals surface area contributed by atoms with Gasteiger partial charge in [-0.3, -0.25) is 9.59 Å². The van der Waals surface area contributed by atoms with Crippen LogP contribution >= 0.6 is 23.1 Å². The largest absolute Gasteiger partial charge is 0.355 e. The summed E-state index contributed by atoms with van der Waals surface area (Å²) in [5, 5.41) is 7.42. The summed E-state index contributed by atoms with van der Waals surface area (Å²) in [4.78, 5) is 35.2. The quantitative estimate of drug-likeness (QED) is 0.583. The van der Waals surface area contributed by atoms with Crippen molar-refractivity contribution in [2.24, 2.45) is 5.92 Å². The Labute approximate surface area is 161 Å². The number of aryl methyl sites for hydroxylation is 1. The molecule has 26 heavy (non-hydrogen) atoms. The van der Waals surface area contributed by atoms with Crippen LogP contribution in [0.15, 0.2) is 11.4 Å². The van der Waals surface area contributed by atoms with Gasteiger partial charge in [-0.2, -0.15) is 0 Å². The summed E-state index contributed by atoms with van der Waals surface area (Å²) in [6.45, 7) is 6.38. The Morgan fingerprint density at radius 1 is 1.42 bits per heavy atom. The number of carbonyl (C=O) groups is 2. The number of rotatable bonds is 6. The fourth-order valence-electron chi connectivity index (χ4n) is 3.17. The molecule has 0 bridgehead atoms. The van der Waals surface area contributed by atoms with Crippen LogP contribution in [-0.4, -0.2) is 40.1 Å². The number of thiophene rings is 1. The molecule has 140 valence electrons. The zero-order valence-electron chi connectivity index (χ0n) is 15.3. The molecule has 2 N–H and O–H groups in total. The van der Waals surface area contributed by atoms with Crippen molar-refractivity contribution in [2.45, 2.75) is 51.1 Å². The molecule has 2 heterocycles. The van der Waals surface area contributed by atoms with E-state index in [1.807, 2.05) is 6.92 Å². The lowest BCUT2D eigenvalue weighted by molar-refractivity contribution is -0.127. The van der Waals surface area contributed by atoms with E-state index < -0.39 is 6.04 Å². The first-order valence-electron chi connectivity index (χ1n) is 8.94. The van der Waals surface area contributed by atoms with Gasteiger partial charge in [0, 0.05) is 16.8 Å². The average molecular weight is 393 g/mol. The van der Waals surface area contributed by atoms with E-state index in [2.05, 4.69) is 27.5 Å². The van der Waals surface area contributed by atoms with Crippen molar-refractivity contribution in [3.8, 4) is 0 Å². The molecule has 0 radical (unpaired) electrons. The molecule has 0 fully saturated rings. The van der Waals surface area contributed by atoms with Gasteiger partial charge in [0.15, 0.2) is 0 Å². The van der Waals surface area contributed by atoms with Crippen LogP contribution in [0.4, 0.5) is 0 Å². The Kier molecular flexibility index (Phi) is 6.13. The van der Waals surface area contributed by atoms with Gasteiger partial charge >= 0.3 is 0 Å². The van der Waals surface area contributed by atoms with E-state index in [-0.39, 0.29) is 17.6 Å². The predicted octanol–water partition coefficient (Wildman–Crippen LogP) is 2.55. The molecule has 2 atom stereocenters. The van der Waals surface area contributed by atoms with E-state index in [1.54, 1.807) is 24.6 Å². The maximum atomic E-state index is 12.2. The van der Waals surface area contributed by atoms with Crippen LogP contribution in [0.1, 0.15) is 37.6 Å². The summed E-state index contributed by atoms with van der Waals surface area (Å²) in [6, 6.07) is -0.538. The number of amides is 2. The second-order valence-corrected chi connectivity index (χ2v) is 8.73. The maximum absolute atomic E-state index is 12.2. The summed E-state index contributed by atoms with van der Waals surface area (Å²) in [5.74, 6) is 0.604. The number of hydrogen-bond donors (Lipinski definition) is 2. The monoisotopic (exact) mass is 392 g/mol. The van der Waals surface area contributed by atoms with E-state index >= 15 is 0 Å². The number of carbonyl (C=O) groups excluding carboxylic acids is 2. The highest BCUT2D eigenvalue weighted by molar-refractivity contribution is 8.00. The highest BCUT2D eigenvalue weighted by Crippen LogP contribution is 2.40. The van der Waals surface area contributed by atoms with Crippen molar-refractivity contribution in [3.63, 3.8) is 0 Å². The summed E-state index contributed by atoms with van der Waals surface area (Å²) < 4.78 is 0. The van der Waals surface area contributed by atoms with E-state index in [0.29, 0.717) is 12.5 Å². The Hall–Kier alpha value is -1.67. The van der Waals surface area contributed by atoms with Crippen molar-refractivity contribution in [1.82, 2.24) is 20.6 Å². The second-order valence-electron chi connectivity index (χ2n) is 6.68. The Bertz CT molecular complexity index is 821. The lowest BCUT2D eigenvalue weighted by atomic mass is 9.89. The van der Waals surface area contributed by atoms with Gasteiger partial charge in [-0.25, -0.2) is 9.97 Å². The molecule has 0 aliphatic heterocycles. The molecule has 2 aromatic rings. The number of nitrogens with zero attached hydrogens (tertiary/aromatic N) is 2. The fraction of sp³-hybridized carbons (Fsp3) is 0.556. The third-order valence-corrected chi connectivity index (χ3v) is 6.67. The maximum Gasteiger partial charge on any atom is 0.242 e. The molecule has 0 unspecified atom stereocenters. The Morgan fingerprint density at radius 2 is 2.23 bits per heavy atom. The van der Waals surface area contributed by atoms with Crippen molar-refractivity contribution in [3.05, 3.63) is 16.8 Å². The Morgan fingerprint density at radius 3 is 3.00 bits per heavy atom. The van der Waals surface area contributed by atoms with Gasteiger partial charge in [0.25, 0.3) is 0 Å². The van der Waals surface area contributed by atoms with E-state index in [9.17, 15) is 9.59 Å². The molecule has 0 saturated carbocycles. The van der Waals surface area contributed by atoms with Gasteiger partial charge in [-0.1, -0.05) is 18.7 Å². The smallest absolute Gasteiger partial charge is 0.242 e. The van der Waals surface area contributed by atoms with Gasteiger partial charge in [0.05, 0.1) is 5.75 Å². The van der Waals surface area contributed by atoms with E-state index in [0.717, 1.165) is 28.1 Å². The standard InChI is InChI=1S/C18H24N4O2S2/c1-4-19-16(24)11(3)22-14(23)8-25-17-15-12-6-5-10(2)7-13(12)26-18(15)21-9-20-17/h9-11H,4-8H2,1-3H3,(H,19,24)(H,22,23)/t10-,11-/m1/s1. The van der Waals surface area contributed by atoms with Crippen molar-refractivity contribution < 1.29 is 9.59 Å². The van der Waals surface area contributed by atoms with Gasteiger partial charge in [0.2, 0.25) is 11.8 Å². The lowest BCUT2D eigenvalue weighted by Gasteiger charge is -2.18. The number of likely N-dealkylation sites (N-methyl/N-ethyl adjacent to an activating group) is 1. The summed E-state index contributed by atoms with van der Waals surface area (Å²) in [7, 11) is 0. The van der Waals surface area contributed by atoms with E-state index in [4.69, 9.17) is 0 Å². The summed E-state index contributed by atoms with van der Waals surface area (Å²) in [5.41, 5.74) is 1.36. The number of hydrogen-bond acceptors (Lipinski definition) is 6. The molecular formula is C18H24N4O2S2. The fourth-order valence-corrected chi connectivity index (χ4v) is 5.42. The van der Waals surface area contributed by atoms with Crippen molar-refractivity contribution >= 4 is 45.1 Å². The van der Waals surface area contributed by atoms with Gasteiger partial charge < -0.3 is 10.6 Å². The molecule has 2 aromatic heterocycles. The van der Waals surface area contributed by atoms with Crippen LogP contribution in [-0.2, 0) is 22.4 Å². The minimum absolute atomic E-state index is 0.168. The predicted molar refractivity (Wildman–Crippen MR) is 106 cm³/mol. The van der Waals surface area contributed by atoms with Crippen LogP contribution in [0.5, 0.6) is 0 Å². The molecule has 0 saturated heterocycles. The van der Waals surface area contributed by atoms with Crippen LogP contribution in [0.2, 0.25) is 0 Å². The van der Waals surface area contributed by atoms with E-state index in [1.165, 1.54) is 28.6 Å². The highest BCUT2D eigenvalue weighted by atomic mass is 32.2. The van der Waals surface area contributed by atoms with Gasteiger partial charge in [-0.05, 0) is 44.6 Å². The SMILES string of the molecule is CCNC(=O)[C@@H](C)NC(=O)CSc1ncnc2sc3c(c12)CC[C@@H](C)C3. The number of thioether (sulfide) groups is 1. The van der Waals surface area contributed by atoms with Gasteiger partial charge in [0.1, 0.15) is 22.2 Å². The van der Waals surface area contributed by atoms with Gasteiger partial charge in [-0.15, -0.1) is 11.3 Å². The molecule has 6 nitrogen and oxygen atoms in total. The lowest BCUT2D eigenvalue weighted by Crippen LogP contribution is -2.45. The summed E-state index contributed by atoms with van der Waals surface area (Å²) in [6.07, 6.45) is 4.91. The summed E-state index contributed by atoms with van der Waals surface area (Å²) >= 11 is 3.17.